The number of hydrogen-bond donors (Lipinski definition) is 1. The van der Waals surface area contributed by atoms with Crippen LogP contribution in [0.2, 0.25) is 5.02 Å². The summed E-state index contributed by atoms with van der Waals surface area (Å²) in [6, 6.07) is 12.8. The largest absolute Gasteiger partial charge is 0.414 e. The van der Waals surface area contributed by atoms with Crippen molar-refractivity contribution < 1.29 is 13.6 Å². The summed E-state index contributed by atoms with van der Waals surface area (Å²) in [6.45, 7) is 0.0981. The van der Waals surface area contributed by atoms with Gasteiger partial charge in [-0.25, -0.2) is 4.39 Å². The smallest absolute Gasteiger partial charge is 0.276 e. The van der Waals surface area contributed by atoms with Crippen molar-refractivity contribution in [3.8, 4) is 0 Å². The maximum Gasteiger partial charge on any atom is 0.276 e. The van der Waals surface area contributed by atoms with Crippen LogP contribution in [-0.4, -0.2) is 16.1 Å². The minimum Gasteiger partial charge on any atom is -0.414 e. The topological polar surface area (TPSA) is 68.0 Å². The first-order valence-electron chi connectivity index (χ1n) is 7.33. The zero-order valence-electron chi connectivity index (χ0n) is 12.9. The van der Waals surface area contributed by atoms with Crippen molar-refractivity contribution in [2.45, 2.75) is 17.5 Å². The Hall–Kier alpha value is -2.38. The first kappa shape index (κ1) is 17.4. The Morgan fingerprint density at radius 3 is 2.76 bits per heavy atom. The molecular weight excluding hydrogens is 365 g/mol. The van der Waals surface area contributed by atoms with Gasteiger partial charge in [0, 0.05) is 16.3 Å². The van der Waals surface area contributed by atoms with Crippen LogP contribution in [0.5, 0.6) is 0 Å². The first-order valence-corrected chi connectivity index (χ1v) is 8.70. The zero-order valence-corrected chi connectivity index (χ0v) is 14.5. The summed E-state index contributed by atoms with van der Waals surface area (Å²) in [5.74, 6) is 0.203. The van der Waals surface area contributed by atoms with E-state index in [-0.39, 0.29) is 12.5 Å². The predicted molar refractivity (Wildman–Crippen MR) is 92.9 cm³/mol. The van der Waals surface area contributed by atoms with Crippen LogP contribution in [0.15, 0.2) is 58.2 Å². The quantitative estimate of drug-likeness (QED) is 0.655. The number of carbonyl (C=O) groups excluding carboxylic acids is 1. The Labute approximate surface area is 152 Å². The van der Waals surface area contributed by atoms with Crippen LogP contribution < -0.4 is 5.32 Å². The summed E-state index contributed by atoms with van der Waals surface area (Å²) < 4.78 is 18.3. The average molecular weight is 378 g/mol. The Kier molecular flexibility index (Phi) is 5.67. The maximum atomic E-state index is 12.8. The summed E-state index contributed by atoms with van der Waals surface area (Å²) in [6.07, 6.45) is 0. The fraction of sp³-hybridized carbons (Fsp3) is 0.118. The molecule has 0 aliphatic carbocycles. The molecule has 0 aliphatic rings. The lowest BCUT2D eigenvalue weighted by molar-refractivity contribution is 0.0946. The minimum atomic E-state index is -0.394. The van der Waals surface area contributed by atoms with E-state index in [1.165, 1.54) is 36.0 Å². The molecule has 0 saturated carbocycles. The number of carbonyl (C=O) groups is 1. The van der Waals surface area contributed by atoms with E-state index in [4.69, 9.17) is 16.0 Å². The first-order chi connectivity index (χ1) is 12.1. The number of rotatable bonds is 6. The van der Waals surface area contributed by atoms with Crippen molar-refractivity contribution in [2.75, 3.05) is 0 Å². The van der Waals surface area contributed by atoms with Crippen molar-refractivity contribution in [2.24, 2.45) is 0 Å². The molecule has 0 fully saturated rings. The zero-order chi connectivity index (χ0) is 17.6. The number of thioether (sulfide) groups is 1. The molecule has 0 saturated heterocycles. The normalized spacial score (nSPS) is 10.6. The van der Waals surface area contributed by atoms with E-state index in [1.807, 2.05) is 24.3 Å². The molecule has 1 N–H and O–H groups in total. The van der Waals surface area contributed by atoms with Gasteiger partial charge in [-0.15, -0.1) is 10.2 Å². The highest BCUT2D eigenvalue weighted by atomic mass is 35.5. The van der Waals surface area contributed by atoms with Gasteiger partial charge in [0.2, 0.25) is 5.89 Å². The van der Waals surface area contributed by atoms with Gasteiger partial charge in [-0.3, -0.25) is 4.79 Å². The molecule has 128 valence electrons. The third-order valence-electron chi connectivity index (χ3n) is 3.21. The van der Waals surface area contributed by atoms with Gasteiger partial charge in [0.05, 0.1) is 6.54 Å². The summed E-state index contributed by atoms with van der Waals surface area (Å²) in [5, 5.41) is 11.5. The van der Waals surface area contributed by atoms with Crippen LogP contribution in [0, 0.1) is 5.82 Å². The average Bonchev–Trinajstić information content (AvgIpc) is 3.06. The molecule has 1 aromatic heterocycles. The van der Waals surface area contributed by atoms with Gasteiger partial charge in [-0.1, -0.05) is 35.5 Å². The molecule has 5 nitrogen and oxygen atoms in total. The number of aromatic nitrogens is 2. The molecule has 0 atom stereocenters. The second-order valence-electron chi connectivity index (χ2n) is 5.07. The number of hydrogen-bond acceptors (Lipinski definition) is 5. The Morgan fingerprint density at radius 2 is 2.00 bits per heavy atom. The molecule has 3 aromatic rings. The van der Waals surface area contributed by atoms with Crippen LogP contribution in [0.25, 0.3) is 0 Å². The lowest BCUT2D eigenvalue weighted by Crippen LogP contribution is -2.22. The number of nitrogens with zero attached hydrogens (tertiary/aromatic N) is 2. The van der Waals surface area contributed by atoms with Gasteiger partial charge in [0.15, 0.2) is 0 Å². The highest BCUT2D eigenvalue weighted by molar-refractivity contribution is 7.98. The highest BCUT2D eigenvalue weighted by Crippen LogP contribution is 2.22. The molecular formula is C17H13ClFN3O2S. The second-order valence-corrected chi connectivity index (χ2v) is 6.43. The molecule has 2 aromatic carbocycles. The minimum absolute atomic E-state index is 0.0981. The van der Waals surface area contributed by atoms with Gasteiger partial charge in [-0.05, 0) is 42.0 Å². The van der Waals surface area contributed by atoms with E-state index in [1.54, 1.807) is 0 Å². The molecule has 0 radical (unpaired) electrons. The van der Waals surface area contributed by atoms with E-state index in [9.17, 15) is 9.18 Å². The van der Waals surface area contributed by atoms with Crippen LogP contribution in [0.1, 0.15) is 21.8 Å². The van der Waals surface area contributed by atoms with Crippen LogP contribution in [0.3, 0.4) is 0 Å². The van der Waals surface area contributed by atoms with Crippen molar-refractivity contribution in [3.05, 3.63) is 76.4 Å². The van der Waals surface area contributed by atoms with Crippen molar-refractivity contribution in [1.29, 1.82) is 0 Å². The summed E-state index contributed by atoms with van der Waals surface area (Å²) in [4.78, 5) is 11.9. The van der Waals surface area contributed by atoms with Crippen molar-refractivity contribution in [3.63, 3.8) is 0 Å². The number of benzene rings is 2. The molecule has 1 heterocycles. The lowest BCUT2D eigenvalue weighted by Gasteiger charge is -2.02. The van der Waals surface area contributed by atoms with Crippen LogP contribution in [0.4, 0.5) is 4.39 Å². The van der Waals surface area contributed by atoms with Crippen molar-refractivity contribution in [1.82, 2.24) is 15.5 Å². The number of halogens is 2. The van der Waals surface area contributed by atoms with Crippen LogP contribution >= 0.6 is 23.4 Å². The van der Waals surface area contributed by atoms with Gasteiger partial charge in [-0.2, -0.15) is 0 Å². The van der Waals surface area contributed by atoms with Gasteiger partial charge in [0.1, 0.15) is 5.82 Å². The van der Waals surface area contributed by atoms with Gasteiger partial charge >= 0.3 is 0 Å². The van der Waals surface area contributed by atoms with E-state index >= 15 is 0 Å². The molecule has 0 unspecified atom stereocenters. The fourth-order valence-electron chi connectivity index (χ4n) is 2.00. The third kappa shape index (κ3) is 5.04. The molecule has 3 rings (SSSR count). The van der Waals surface area contributed by atoms with Crippen molar-refractivity contribution >= 4 is 29.3 Å². The Morgan fingerprint density at radius 1 is 1.20 bits per heavy atom. The molecule has 0 spiro atoms. The van der Waals surface area contributed by atoms with E-state index in [0.717, 1.165) is 5.56 Å². The van der Waals surface area contributed by atoms with E-state index in [2.05, 4.69) is 15.5 Å². The number of amides is 1. The maximum absolute atomic E-state index is 12.8. The third-order valence-corrected chi connectivity index (χ3v) is 4.33. The lowest BCUT2D eigenvalue weighted by atomic mass is 10.2. The van der Waals surface area contributed by atoms with Gasteiger partial charge in [0.25, 0.3) is 11.1 Å². The summed E-state index contributed by atoms with van der Waals surface area (Å²) >= 11 is 7.32. The van der Waals surface area contributed by atoms with Crippen LogP contribution in [-0.2, 0) is 12.3 Å². The van der Waals surface area contributed by atoms with E-state index in [0.29, 0.717) is 27.5 Å². The summed E-state index contributed by atoms with van der Waals surface area (Å²) in [7, 11) is 0. The molecule has 8 heteroatoms. The molecule has 0 aliphatic heterocycles. The Balaban J connectivity index is 1.51. The molecule has 0 bridgehead atoms. The standard InChI is InChI=1S/C17H13ClFN3O2S/c18-13-3-1-2-11(8-13)10-25-17-22-21-15(24-17)9-20-16(23)12-4-6-14(19)7-5-12/h1-8H,9-10H2,(H,20,23). The fourth-order valence-corrected chi connectivity index (χ4v) is 2.94. The number of nitrogens with one attached hydrogen (secondary N) is 1. The molecule has 25 heavy (non-hydrogen) atoms. The second kappa shape index (κ2) is 8.13. The SMILES string of the molecule is O=C(NCc1nnc(SCc2cccc(Cl)c2)o1)c1ccc(F)cc1. The highest BCUT2D eigenvalue weighted by Gasteiger charge is 2.10. The monoisotopic (exact) mass is 377 g/mol. The predicted octanol–water partition coefficient (Wildman–Crippen LogP) is 4.08. The molecule has 1 amide bonds. The van der Waals surface area contributed by atoms with E-state index < -0.39 is 5.82 Å². The summed E-state index contributed by atoms with van der Waals surface area (Å²) in [5.41, 5.74) is 1.40. The van der Waals surface area contributed by atoms with Gasteiger partial charge < -0.3 is 9.73 Å². The Bertz CT molecular complexity index is 870.